The number of fused-ring (bicyclic) bond motifs is 1. The molecule has 0 aliphatic carbocycles. The molecule has 156 valence electrons. The van der Waals surface area contributed by atoms with Gasteiger partial charge in [-0.15, -0.1) is 59.5 Å². The van der Waals surface area contributed by atoms with Crippen molar-refractivity contribution >= 4 is 16.5 Å². The van der Waals surface area contributed by atoms with Crippen molar-refractivity contribution in [3.05, 3.63) is 138 Å². The molecule has 0 saturated heterocycles. The predicted octanol–water partition coefficient (Wildman–Crippen LogP) is 6.54. The minimum Gasteiger partial charge on any atom is -0.335 e. The van der Waals surface area contributed by atoms with Crippen molar-refractivity contribution in [3.63, 3.8) is 0 Å². The Morgan fingerprint density at radius 1 is 0.781 bits per heavy atom. The Morgan fingerprint density at radius 2 is 1.62 bits per heavy atom. The topological polar surface area (TPSA) is 25.2 Å². The number of hydrogen-bond donors (Lipinski definition) is 0. The zero-order valence-electron chi connectivity index (χ0n) is 17.3. The third kappa shape index (κ3) is 4.77. The van der Waals surface area contributed by atoms with Gasteiger partial charge in [0.05, 0.1) is 0 Å². The van der Waals surface area contributed by atoms with Crippen LogP contribution in [0.1, 0.15) is 16.7 Å². The van der Waals surface area contributed by atoms with Crippen molar-refractivity contribution in [2.24, 2.45) is 4.99 Å². The van der Waals surface area contributed by atoms with Gasteiger partial charge in [0, 0.05) is 18.4 Å². The number of pyridine rings is 1. The first-order valence-electron chi connectivity index (χ1n) is 10.3. The van der Waals surface area contributed by atoms with E-state index in [2.05, 4.69) is 65.6 Å². The summed E-state index contributed by atoms with van der Waals surface area (Å²) in [5.74, 6) is 0. The maximum atomic E-state index is 5.04. The van der Waals surface area contributed by atoms with Crippen LogP contribution in [0.3, 0.4) is 0 Å². The van der Waals surface area contributed by atoms with E-state index in [4.69, 9.17) is 4.99 Å². The van der Waals surface area contributed by atoms with E-state index in [-0.39, 0.29) is 21.1 Å². The Bertz CT molecular complexity index is 1290. The van der Waals surface area contributed by atoms with Crippen LogP contribution in [0.15, 0.2) is 114 Å². The van der Waals surface area contributed by atoms with Gasteiger partial charge in [0.15, 0.2) is 0 Å². The molecule has 0 fully saturated rings. The minimum absolute atomic E-state index is 0. The quantitative estimate of drug-likeness (QED) is 0.168. The second-order valence-corrected chi connectivity index (χ2v) is 7.28. The molecule has 5 rings (SSSR count). The molecule has 0 bridgehead atoms. The van der Waals surface area contributed by atoms with Crippen LogP contribution in [0.2, 0.25) is 0 Å². The van der Waals surface area contributed by atoms with Crippen LogP contribution in [-0.2, 0) is 27.6 Å². The van der Waals surface area contributed by atoms with Gasteiger partial charge in [-0.2, -0.15) is 0 Å². The van der Waals surface area contributed by atoms with Crippen LogP contribution in [0.25, 0.3) is 22.0 Å². The normalized spacial score (nSPS) is 11.2. The Kier molecular flexibility index (Phi) is 7.04. The zero-order valence-corrected chi connectivity index (χ0v) is 19.6. The molecule has 0 saturated carbocycles. The van der Waals surface area contributed by atoms with Crippen LogP contribution in [0.4, 0.5) is 0 Å². The summed E-state index contributed by atoms with van der Waals surface area (Å²) in [6, 6.07) is 41.6. The molecule has 0 radical (unpaired) electrons. The Labute approximate surface area is 203 Å². The minimum atomic E-state index is 0. The smallest absolute Gasteiger partial charge is 0.335 e. The van der Waals surface area contributed by atoms with Crippen molar-refractivity contribution in [2.45, 2.75) is 6.54 Å². The maximum Gasteiger partial charge on any atom is 2.00 e. The monoisotopic (exact) mass is 591 g/mol. The van der Waals surface area contributed by atoms with E-state index in [1.165, 1.54) is 0 Å². The average Bonchev–Trinajstić information content (AvgIpc) is 2.86. The standard InChI is InChI=1S/C29H20N2.Pt/c1-3-10-23(11-4-1)29(24-12-5-2-6-13-24)31-21-26-15-9-14-22-17-18-25(20-27(22)26)28-16-7-8-19-30-28;/h1-12,14-19H,21H2;/q-2;+2. The van der Waals surface area contributed by atoms with Gasteiger partial charge in [-0.3, -0.25) is 4.98 Å². The summed E-state index contributed by atoms with van der Waals surface area (Å²) in [5, 5.41) is 2.23. The SMILES string of the molecule is [Pt+2].[c-]1ccccc1C(=NCc1cccc2ccc(-c3ccccn3)[c-]c12)c1ccccc1. The first-order valence-corrected chi connectivity index (χ1v) is 10.3. The summed E-state index contributed by atoms with van der Waals surface area (Å²) < 4.78 is 0. The molecule has 0 amide bonds. The van der Waals surface area contributed by atoms with Crippen LogP contribution in [-0.4, -0.2) is 10.7 Å². The molecule has 0 N–H and O–H groups in total. The number of aliphatic imine (C=N–C) groups is 1. The molecule has 1 heterocycles. The van der Waals surface area contributed by atoms with Gasteiger partial charge in [0.25, 0.3) is 0 Å². The van der Waals surface area contributed by atoms with Gasteiger partial charge in [0.1, 0.15) is 0 Å². The summed E-state index contributed by atoms with van der Waals surface area (Å²) in [6.07, 6.45) is 1.81. The second-order valence-electron chi connectivity index (χ2n) is 7.28. The van der Waals surface area contributed by atoms with Crippen molar-refractivity contribution < 1.29 is 21.1 Å². The molecule has 2 nitrogen and oxygen atoms in total. The van der Waals surface area contributed by atoms with Crippen LogP contribution < -0.4 is 0 Å². The fourth-order valence-corrected chi connectivity index (χ4v) is 3.70. The number of nitrogens with zero attached hydrogens (tertiary/aromatic N) is 2. The Morgan fingerprint density at radius 3 is 2.41 bits per heavy atom. The molecular formula is C29H20N2Pt. The molecule has 3 heteroatoms. The number of hydrogen-bond acceptors (Lipinski definition) is 2. The van der Waals surface area contributed by atoms with Crippen LogP contribution in [0.5, 0.6) is 0 Å². The summed E-state index contributed by atoms with van der Waals surface area (Å²) in [4.78, 5) is 9.51. The molecule has 0 aliphatic rings. The molecule has 1 aromatic heterocycles. The fourth-order valence-electron chi connectivity index (χ4n) is 3.70. The van der Waals surface area contributed by atoms with Crippen molar-refractivity contribution in [3.8, 4) is 11.3 Å². The summed E-state index contributed by atoms with van der Waals surface area (Å²) in [5.41, 5.74) is 6.07. The van der Waals surface area contributed by atoms with E-state index in [9.17, 15) is 0 Å². The molecular weight excluding hydrogens is 571 g/mol. The first-order chi connectivity index (χ1) is 15.4. The molecule has 0 unspecified atom stereocenters. The number of rotatable bonds is 5. The Hall–Kier alpha value is -3.35. The third-order valence-corrected chi connectivity index (χ3v) is 5.23. The molecule has 32 heavy (non-hydrogen) atoms. The van der Waals surface area contributed by atoms with E-state index in [0.717, 1.165) is 44.4 Å². The first kappa shape index (κ1) is 21.9. The van der Waals surface area contributed by atoms with Gasteiger partial charge < -0.3 is 4.99 Å². The van der Waals surface area contributed by atoms with Gasteiger partial charge in [-0.05, 0) is 17.3 Å². The van der Waals surface area contributed by atoms with E-state index < -0.39 is 0 Å². The molecule has 0 atom stereocenters. The maximum absolute atomic E-state index is 5.04. The molecule has 4 aromatic carbocycles. The van der Waals surface area contributed by atoms with Gasteiger partial charge >= 0.3 is 21.1 Å². The van der Waals surface area contributed by atoms with E-state index in [0.29, 0.717) is 6.54 Å². The van der Waals surface area contributed by atoms with Crippen molar-refractivity contribution in [2.75, 3.05) is 0 Å². The largest absolute Gasteiger partial charge is 2.00 e. The number of aromatic nitrogens is 1. The van der Waals surface area contributed by atoms with Gasteiger partial charge in [-0.25, -0.2) is 0 Å². The van der Waals surface area contributed by atoms with E-state index in [1.807, 2.05) is 60.8 Å². The molecule has 0 aliphatic heterocycles. The molecule has 0 spiro atoms. The van der Waals surface area contributed by atoms with E-state index >= 15 is 0 Å². The van der Waals surface area contributed by atoms with Crippen LogP contribution in [0, 0.1) is 12.1 Å². The summed E-state index contributed by atoms with van der Waals surface area (Å²) >= 11 is 0. The Balaban J connectivity index is 0.00000245. The van der Waals surface area contributed by atoms with E-state index in [1.54, 1.807) is 0 Å². The summed E-state index contributed by atoms with van der Waals surface area (Å²) in [6.45, 7) is 0.562. The second kappa shape index (κ2) is 10.3. The van der Waals surface area contributed by atoms with Crippen molar-refractivity contribution in [1.29, 1.82) is 0 Å². The predicted molar refractivity (Wildman–Crippen MR) is 127 cm³/mol. The fraction of sp³-hybridized carbons (Fsp3) is 0.0345. The zero-order chi connectivity index (χ0) is 20.9. The number of benzene rings is 4. The van der Waals surface area contributed by atoms with Gasteiger partial charge in [0.2, 0.25) is 0 Å². The van der Waals surface area contributed by atoms with Crippen LogP contribution >= 0.6 is 0 Å². The third-order valence-electron chi connectivity index (χ3n) is 5.23. The van der Waals surface area contributed by atoms with Gasteiger partial charge in [-0.1, -0.05) is 77.2 Å². The average molecular weight is 592 g/mol. The summed E-state index contributed by atoms with van der Waals surface area (Å²) in [7, 11) is 0. The van der Waals surface area contributed by atoms with Crippen molar-refractivity contribution in [1.82, 2.24) is 4.98 Å². The molecule has 5 aromatic rings.